The first-order chi connectivity index (χ1) is 9.04. The average Bonchev–Trinajstić information content (AvgIpc) is 2.41. The first kappa shape index (κ1) is 13.1. The van der Waals surface area contributed by atoms with E-state index in [-0.39, 0.29) is 5.69 Å². The van der Waals surface area contributed by atoms with Gasteiger partial charge in [-0.3, -0.25) is 0 Å². The van der Waals surface area contributed by atoms with Crippen molar-refractivity contribution in [1.82, 2.24) is 0 Å². The third-order valence-corrected chi connectivity index (χ3v) is 2.89. The third kappa shape index (κ3) is 2.45. The summed E-state index contributed by atoms with van der Waals surface area (Å²) in [5.74, 6) is -0.440. The van der Waals surface area contributed by atoms with Crippen molar-refractivity contribution in [3.63, 3.8) is 0 Å². The topological polar surface area (TPSA) is 38.5 Å². The highest BCUT2D eigenvalue weighted by molar-refractivity contribution is 5.77. The first-order valence-electron chi connectivity index (χ1n) is 5.66. The van der Waals surface area contributed by atoms with E-state index in [9.17, 15) is 8.78 Å². The number of nitrogens with zero attached hydrogens (tertiary/aromatic N) is 1. The van der Waals surface area contributed by atoms with Gasteiger partial charge in [-0.05, 0) is 24.3 Å². The minimum Gasteiger partial charge on any atom is -0.495 e. The molecule has 0 fully saturated rings. The Morgan fingerprint density at radius 3 is 2.53 bits per heavy atom. The summed E-state index contributed by atoms with van der Waals surface area (Å²) in [7, 11) is 3.15. The van der Waals surface area contributed by atoms with Gasteiger partial charge in [0.1, 0.15) is 17.4 Å². The minimum absolute atomic E-state index is 0.0105. The van der Waals surface area contributed by atoms with Crippen molar-refractivity contribution in [3.05, 3.63) is 48.0 Å². The van der Waals surface area contributed by atoms with E-state index in [1.54, 1.807) is 24.1 Å². The molecule has 19 heavy (non-hydrogen) atoms. The van der Waals surface area contributed by atoms with Gasteiger partial charge in [0, 0.05) is 13.1 Å². The molecule has 0 atom stereocenters. The Bertz CT molecular complexity index is 602. The maximum atomic E-state index is 13.5. The lowest BCUT2D eigenvalue weighted by Gasteiger charge is -2.23. The molecule has 0 bridgehead atoms. The van der Waals surface area contributed by atoms with Crippen LogP contribution >= 0.6 is 0 Å². The molecule has 2 N–H and O–H groups in total. The van der Waals surface area contributed by atoms with Crippen molar-refractivity contribution in [1.29, 1.82) is 0 Å². The molecule has 2 rings (SSSR count). The molecular weight excluding hydrogens is 250 g/mol. The average molecular weight is 264 g/mol. The highest BCUT2D eigenvalue weighted by Gasteiger charge is 2.15. The van der Waals surface area contributed by atoms with Crippen molar-refractivity contribution in [2.75, 3.05) is 24.8 Å². The number of hydrogen-bond acceptors (Lipinski definition) is 3. The van der Waals surface area contributed by atoms with E-state index in [1.807, 2.05) is 0 Å². The third-order valence-electron chi connectivity index (χ3n) is 2.89. The number of methoxy groups -OCH3 is 1. The molecule has 0 heterocycles. The molecule has 0 aromatic heterocycles. The van der Waals surface area contributed by atoms with Crippen molar-refractivity contribution in [3.8, 4) is 5.75 Å². The number of para-hydroxylation sites is 1. The molecule has 2 aromatic carbocycles. The molecule has 0 saturated carbocycles. The minimum atomic E-state index is -0.514. The fraction of sp³-hybridized carbons (Fsp3) is 0.143. The molecule has 3 nitrogen and oxygen atoms in total. The smallest absolute Gasteiger partial charge is 0.148 e. The van der Waals surface area contributed by atoms with Crippen LogP contribution in [0, 0.1) is 11.6 Å². The molecule has 0 aliphatic rings. The number of rotatable bonds is 3. The molecule has 100 valence electrons. The quantitative estimate of drug-likeness (QED) is 0.864. The summed E-state index contributed by atoms with van der Waals surface area (Å²) < 4.78 is 32.0. The number of ether oxygens (including phenoxy) is 1. The standard InChI is InChI=1S/C14H14F2N2O/c1-18(11-5-3-4-10(16)14(11)17)12-8-9(15)6-7-13(12)19-2/h3-8H,17H2,1-2H3. The number of halogens is 2. The lowest BCUT2D eigenvalue weighted by Crippen LogP contribution is -2.13. The Morgan fingerprint density at radius 2 is 1.84 bits per heavy atom. The predicted octanol–water partition coefficient (Wildman–Crippen LogP) is 3.32. The molecule has 2 aromatic rings. The van der Waals surface area contributed by atoms with Crippen molar-refractivity contribution < 1.29 is 13.5 Å². The first-order valence-corrected chi connectivity index (χ1v) is 5.66. The van der Waals surface area contributed by atoms with E-state index in [2.05, 4.69) is 0 Å². The summed E-state index contributed by atoms with van der Waals surface area (Å²) >= 11 is 0. The summed E-state index contributed by atoms with van der Waals surface area (Å²) in [5, 5.41) is 0. The van der Waals surface area contributed by atoms with E-state index in [4.69, 9.17) is 10.5 Å². The molecule has 0 spiro atoms. The molecule has 0 amide bonds. The lowest BCUT2D eigenvalue weighted by atomic mass is 10.2. The molecule has 0 unspecified atom stereocenters. The Morgan fingerprint density at radius 1 is 1.11 bits per heavy atom. The Hall–Kier alpha value is -2.30. The predicted molar refractivity (Wildman–Crippen MR) is 71.8 cm³/mol. The maximum Gasteiger partial charge on any atom is 0.148 e. The van der Waals surface area contributed by atoms with Crippen molar-refractivity contribution in [2.24, 2.45) is 0 Å². The lowest BCUT2D eigenvalue weighted by molar-refractivity contribution is 0.414. The normalized spacial score (nSPS) is 10.3. The zero-order chi connectivity index (χ0) is 14.0. The van der Waals surface area contributed by atoms with Crippen LogP contribution < -0.4 is 15.4 Å². The number of benzene rings is 2. The van der Waals surface area contributed by atoms with Crippen molar-refractivity contribution in [2.45, 2.75) is 0 Å². The summed E-state index contributed by atoms with van der Waals surface area (Å²) in [6.07, 6.45) is 0. The van der Waals surface area contributed by atoms with Gasteiger partial charge in [0.05, 0.1) is 24.2 Å². The second kappa shape index (κ2) is 5.14. The van der Waals surface area contributed by atoms with Gasteiger partial charge in [0.2, 0.25) is 0 Å². The number of anilines is 3. The number of nitrogen functional groups attached to an aromatic ring is 1. The van der Waals surface area contributed by atoms with E-state index >= 15 is 0 Å². The van der Waals surface area contributed by atoms with E-state index in [1.165, 1.54) is 31.4 Å². The van der Waals surface area contributed by atoms with Gasteiger partial charge in [0.15, 0.2) is 0 Å². The van der Waals surface area contributed by atoms with Crippen LogP contribution in [0.2, 0.25) is 0 Å². The van der Waals surface area contributed by atoms with Gasteiger partial charge in [-0.25, -0.2) is 8.78 Å². The van der Waals surface area contributed by atoms with E-state index in [0.29, 0.717) is 17.1 Å². The van der Waals surface area contributed by atoms with Crippen LogP contribution in [0.5, 0.6) is 5.75 Å². The van der Waals surface area contributed by atoms with Gasteiger partial charge in [0.25, 0.3) is 0 Å². The molecule has 0 saturated heterocycles. The second-order valence-corrected chi connectivity index (χ2v) is 4.05. The van der Waals surface area contributed by atoms with Gasteiger partial charge in [-0.15, -0.1) is 0 Å². The van der Waals surface area contributed by atoms with Gasteiger partial charge >= 0.3 is 0 Å². The van der Waals surface area contributed by atoms with Crippen LogP contribution in [-0.2, 0) is 0 Å². The van der Waals surface area contributed by atoms with Crippen LogP contribution in [0.25, 0.3) is 0 Å². The molecule has 0 radical (unpaired) electrons. The Balaban J connectivity index is 2.52. The van der Waals surface area contributed by atoms with Gasteiger partial charge in [-0.2, -0.15) is 0 Å². The summed E-state index contributed by atoms with van der Waals surface area (Å²) in [6, 6.07) is 8.59. The molecule has 0 aliphatic carbocycles. The van der Waals surface area contributed by atoms with Crippen LogP contribution in [0.1, 0.15) is 0 Å². The van der Waals surface area contributed by atoms with Gasteiger partial charge < -0.3 is 15.4 Å². The summed E-state index contributed by atoms with van der Waals surface area (Å²) in [4.78, 5) is 1.58. The summed E-state index contributed by atoms with van der Waals surface area (Å²) in [6.45, 7) is 0. The number of hydrogen-bond donors (Lipinski definition) is 1. The fourth-order valence-corrected chi connectivity index (χ4v) is 1.87. The number of nitrogens with two attached hydrogens (primary N) is 1. The van der Waals surface area contributed by atoms with Crippen LogP contribution in [0.4, 0.5) is 25.8 Å². The van der Waals surface area contributed by atoms with Crippen LogP contribution in [0.3, 0.4) is 0 Å². The SMILES string of the molecule is COc1ccc(F)cc1N(C)c1cccc(F)c1N. The molecule has 0 aliphatic heterocycles. The van der Waals surface area contributed by atoms with Crippen LogP contribution in [0.15, 0.2) is 36.4 Å². The van der Waals surface area contributed by atoms with Crippen molar-refractivity contribution >= 4 is 17.1 Å². The Labute approximate surface area is 110 Å². The highest BCUT2D eigenvalue weighted by Crippen LogP contribution is 2.36. The van der Waals surface area contributed by atoms with E-state index < -0.39 is 11.6 Å². The Kier molecular flexibility index (Phi) is 3.55. The fourth-order valence-electron chi connectivity index (χ4n) is 1.87. The summed E-state index contributed by atoms with van der Waals surface area (Å²) in [5.41, 5.74) is 6.63. The monoisotopic (exact) mass is 264 g/mol. The second-order valence-electron chi connectivity index (χ2n) is 4.05. The molecular formula is C14H14F2N2O. The zero-order valence-electron chi connectivity index (χ0n) is 10.7. The largest absolute Gasteiger partial charge is 0.495 e. The van der Waals surface area contributed by atoms with E-state index in [0.717, 1.165) is 0 Å². The van der Waals surface area contributed by atoms with Gasteiger partial charge in [-0.1, -0.05) is 6.07 Å². The maximum absolute atomic E-state index is 13.5. The van der Waals surface area contributed by atoms with Crippen LogP contribution in [-0.4, -0.2) is 14.2 Å². The highest BCUT2D eigenvalue weighted by atomic mass is 19.1. The molecule has 5 heteroatoms. The zero-order valence-corrected chi connectivity index (χ0v) is 10.7.